The van der Waals surface area contributed by atoms with Crippen LogP contribution in [0.15, 0.2) is 47.8 Å². The van der Waals surface area contributed by atoms with Gasteiger partial charge in [-0.05, 0) is 49.5 Å². The number of halogens is 2. The van der Waals surface area contributed by atoms with Gasteiger partial charge in [-0.3, -0.25) is 4.79 Å². The molecule has 2 saturated heterocycles. The van der Waals surface area contributed by atoms with E-state index in [-0.39, 0.29) is 45.7 Å². The molecule has 0 spiro atoms. The van der Waals surface area contributed by atoms with Crippen LogP contribution in [-0.4, -0.2) is 74.1 Å². The Morgan fingerprint density at radius 1 is 1.02 bits per heavy atom. The number of aromatic nitrogens is 5. The Labute approximate surface area is 272 Å². The van der Waals surface area contributed by atoms with Crippen LogP contribution in [0, 0.1) is 5.82 Å². The molecule has 1 amide bonds. The highest BCUT2D eigenvalue weighted by Crippen LogP contribution is 2.37. The van der Waals surface area contributed by atoms with E-state index in [1.807, 2.05) is 39.5 Å². The van der Waals surface area contributed by atoms with Gasteiger partial charge in [-0.2, -0.15) is 4.98 Å². The van der Waals surface area contributed by atoms with Gasteiger partial charge in [0, 0.05) is 44.3 Å². The number of anilines is 2. The molecular weight excluding hydrogens is 607 g/mol. The van der Waals surface area contributed by atoms with E-state index in [9.17, 15) is 9.59 Å². The molecule has 10 nitrogen and oxygen atoms in total. The number of piperazine rings is 1. The highest BCUT2D eigenvalue weighted by molar-refractivity contribution is 6.33. The van der Waals surface area contributed by atoms with Crippen LogP contribution in [0.3, 0.4) is 0 Å². The van der Waals surface area contributed by atoms with Crippen LogP contribution in [-0.2, 0) is 4.79 Å². The summed E-state index contributed by atoms with van der Waals surface area (Å²) in [5, 5.41) is 0.743. The van der Waals surface area contributed by atoms with E-state index in [2.05, 4.69) is 16.5 Å². The Balaban J connectivity index is 1.66. The molecule has 2 aliphatic rings. The summed E-state index contributed by atoms with van der Waals surface area (Å²) in [5.74, 6) is 0.288. The molecule has 2 fully saturated rings. The topological polar surface area (TPSA) is 100 Å². The molecule has 3 aromatic heterocycles. The maximum atomic E-state index is 15.2. The predicted molar refractivity (Wildman–Crippen MR) is 180 cm³/mol. The van der Waals surface area contributed by atoms with Gasteiger partial charge in [0.15, 0.2) is 5.65 Å². The predicted octanol–water partition coefficient (Wildman–Crippen LogP) is 5.71. The van der Waals surface area contributed by atoms with Crippen molar-refractivity contribution in [2.75, 3.05) is 42.5 Å². The monoisotopic (exact) mass is 644 g/mol. The zero-order chi connectivity index (χ0) is 32.9. The molecular formula is C34H38ClFN8O2. The molecule has 6 rings (SSSR count). The van der Waals surface area contributed by atoms with Crippen LogP contribution in [0.25, 0.3) is 28.0 Å². The number of benzene rings is 1. The molecule has 0 unspecified atom stereocenters. The summed E-state index contributed by atoms with van der Waals surface area (Å²) in [5.41, 5.74) is 2.08. The number of pyridine rings is 1. The van der Waals surface area contributed by atoms with Gasteiger partial charge >= 0.3 is 5.69 Å². The van der Waals surface area contributed by atoms with Crippen molar-refractivity contribution in [3.63, 3.8) is 0 Å². The lowest BCUT2D eigenvalue weighted by molar-refractivity contribution is -0.126. The van der Waals surface area contributed by atoms with E-state index in [0.717, 1.165) is 19.5 Å². The Morgan fingerprint density at radius 3 is 2.26 bits per heavy atom. The number of nitrogens with zero attached hydrogens (tertiary/aromatic N) is 8. The second kappa shape index (κ2) is 12.4. The largest absolute Gasteiger partial charge is 0.355 e. The van der Waals surface area contributed by atoms with Crippen LogP contribution in [0.1, 0.15) is 64.3 Å². The summed E-state index contributed by atoms with van der Waals surface area (Å²) < 4.78 is 16.6. The third kappa shape index (κ3) is 5.50. The molecule has 0 saturated carbocycles. The Bertz CT molecular complexity index is 1880. The van der Waals surface area contributed by atoms with Gasteiger partial charge in [0.2, 0.25) is 11.9 Å². The molecule has 12 heteroatoms. The lowest BCUT2D eigenvalue weighted by Crippen LogP contribution is -2.54. The Kier molecular flexibility index (Phi) is 8.54. The summed E-state index contributed by atoms with van der Waals surface area (Å²) in [6.07, 6.45) is 2.38. The first-order valence-electron chi connectivity index (χ1n) is 15.7. The van der Waals surface area contributed by atoms with Crippen LogP contribution < -0.4 is 15.5 Å². The van der Waals surface area contributed by atoms with Crippen molar-refractivity contribution in [2.24, 2.45) is 0 Å². The van der Waals surface area contributed by atoms with Crippen molar-refractivity contribution in [3.05, 3.63) is 75.7 Å². The SMILES string of the molecule is C=CC(=O)N1CCN(c2nc(=O)n(-c3c(C(C)C)nc(N4CCC4)nc3C(C)C)c3nc(-c4ccccc4F)c(Cl)cc23)[C@@H](C)C1. The minimum absolute atomic E-state index is 0.0639. The van der Waals surface area contributed by atoms with Gasteiger partial charge < -0.3 is 14.7 Å². The highest BCUT2D eigenvalue weighted by atomic mass is 35.5. The third-order valence-corrected chi connectivity index (χ3v) is 8.99. The average Bonchev–Trinajstić information content (AvgIpc) is 2.99. The Hall–Kier alpha value is -4.38. The number of fused-ring (bicyclic) bond motifs is 1. The summed E-state index contributed by atoms with van der Waals surface area (Å²) >= 11 is 6.86. The van der Waals surface area contributed by atoms with Crippen molar-refractivity contribution in [1.82, 2.24) is 29.4 Å². The van der Waals surface area contributed by atoms with Gasteiger partial charge in [0.25, 0.3) is 0 Å². The minimum atomic E-state index is -0.558. The molecule has 0 radical (unpaired) electrons. The summed E-state index contributed by atoms with van der Waals surface area (Å²) in [6.45, 7) is 16.8. The zero-order valence-corrected chi connectivity index (χ0v) is 27.6. The molecule has 0 bridgehead atoms. The van der Waals surface area contributed by atoms with Crippen LogP contribution in [0.5, 0.6) is 0 Å². The van der Waals surface area contributed by atoms with Gasteiger partial charge in [0.05, 0.1) is 33.2 Å². The molecule has 0 N–H and O–H groups in total. The van der Waals surface area contributed by atoms with Gasteiger partial charge in [-0.25, -0.2) is 28.7 Å². The first-order valence-corrected chi connectivity index (χ1v) is 16.1. The molecule has 0 aliphatic carbocycles. The number of amides is 1. The maximum Gasteiger partial charge on any atom is 0.355 e. The molecule has 4 aromatic rings. The third-order valence-electron chi connectivity index (χ3n) is 8.70. The van der Waals surface area contributed by atoms with Crippen LogP contribution >= 0.6 is 11.6 Å². The fourth-order valence-electron chi connectivity index (χ4n) is 6.14. The summed E-state index contributed by atoms with van der Waals surface area (Å²) in [4.78, 5) is 52.2. The van der Waals surface area contributed by atoms with Crippen molar-refractivity contribution in [2.45, 2.75) is 58.9 Å². The average molecular weight is 645 g/mol. The number of carbonyl (C=O) groups is 1. The second-order valence-electron chi connectivity index (χ2n) is 12.5. The second-order valence-corrected chi connectivity index (χ2v) is 13.0. The molecule has 1 atom stereocenters. The molecule has 2 aliphatic heterocycles. The lowest BCUT2D eigenvalue weighted by Gasteiger charge is -2.40. The quantitative estimate of drug-likeness (QED) is 0.236. The highest BCUT2D eigenvalue weighted by Gasteiger charge is 2.32. The molecule has 46 heavy (non-hydrogen) atoms. The smallest absolute Gasteiger partial charge is 0.350 e. The number of rotatable bonds is 7. The van der Waals surface area contributed by atoms with E-state index in [4.69, 9.17) is 26.6 Å². The lowest BCUT2D eigenvalue weighted by atomic mass is 10.0. The van der Waals surface area contributed by atoms with E-state index in [0.29, 0.717) is 53.9 Å². The first-order chi connectivity index (χ1) is 22.0. The van der Waals surface area contributed by atoms with Crippen molar-refractivity contribution < 1.29 is 9.18 Å². The minimum Gasteiger partial charge on any atom is -0.350 e. The van der Waals surface area contributed by atoms with E-state index >= 15 is 4.39 Å². The zero-order valence-electron chi connectivity index (χ0n) is 26.8. The van der Waals surface area contributed by atoms with E-state index in [1.54, 1.807) is 29.2 Å². The number of hydrogen-bond acceptors (Lipinski definition) is 8. The normalized spacial score (nSPS) is 16.8. The van der Waals surface area contributed by atoms with Crippen molar-refractivity contribution in [1.29, 1.82) is 0 Å². The van der Waals surface area contributed by atoms with Gasteiger partial charge in [-0.1, -0.05) is 58.0 Å². The fourth-order valence-corrected chi connectivity index (χ4v) is 6.39. The number of hydrogen-bond donors (Lipinski definition) is 0. The van der Waals surface area contributed by atoms with E-state index in [1.165, 1.54) is 16.7 Å². The summed E-state index contributed by atoms with van der Waals surface area (Å²) in [7, 11) is 0. The standard InChI is InChI=1S/C34H38ClFN8O2/c1-7-26(45)42-15-16-43(21(6)18-42)31-23-17-24(35)29(22-11-8-9-12-25(22)36)37-32(23)44(34(46)40-31)30-27(19(2)3)38-33(41-13-10-14-41)39-28(30)20(4)5/h7-9,11-12,17,19-21H,1,10,13-16,18H2,2-6H3/t21-/m0/s1. The van der Waals surface area contributed by atoms with Crippen LogP contribution in [0.4, 0.5) is 16.2 Å². The van der Waals surface area contributed by atoms with Crippen LogP contribution in [0.2, 0.25) is 5.02 Å². The number of carbonyl (C=O) groups excluding carboxylic acids is 1. The van der Waals surface area contributed by atoms with Gasteiger partial charge in [0.1, 0.15) is 11.6 Å². The van der Waals surface area contributed by atoms with E-state index < -0.39 is 11.5 Å². The Morgan fingerprint density at radius 2 is 1.70 bits per heavy atom. The van der Waals surface area contributed by atoms with Gasteiger partial charge in [-0.15, -0.1) is 0 Å². The molecule has 5 heterocycles. The summed E-state index contributed by atoms with van der Waals surface area (Å²) in [6, 6.07) is 7.81. The molecule has 240 valence electrons. The van der Waals surface area contributed by atoms with Crippen molar-refractivity contribution >= 4 is 40.3 Å². The maximum absolute atomic E-state index is 15.2. The van der Waals surface area contributed by atoms with Crippen molar-refractivity contribution in [3.8, 4) is 16.9 Å². The fraction of sp³-hybridized carbons (Fsp3) is 0.412. The first kappa shape index (κ1) is 31.6. The molecule has 1 aromatic carbocycles.